The van der Waals surface area contributed by atoms with E-state index in [2.05, 4.69) is 15.5 Å². The SMILES string of the molecule is COc1cc(-c2cn(C)c(=O)c3cc(C(=O)NC4CCN(c5cccc(OC6CCC(=O)NC6=O)c5)CC4)sc23)cc(OC)c1CN(C)C. The number of benzene rings is 2. The molecule has 6 rings (SSSR count). The second kappa shape index (κ2) is 14.3. The summed E-state index contributed by atoms with van der Waals surface area (Å²) in [5.41, 5.74) is 3.35. The van der Waals surface area contributed by atoms with E-state index in [9.17, 15) is 19.2 Å². The number of ether oxygens (including phenoxy) is 3. The number of anilines is 1. The van der Waals surface area contributed by atoms with Gasteiger partial charge in [-0.3, -0.25) is 24.5 Å². The van der Waals surface area contributed by atoms with E-state index in [1.54, 1.807) is 44.2 Å². The van der Waals surface area contributed by atoms with Gasteiger partial charge in [0.25, 0.3) is 17.4 Å². The number of carbonyl (C=O) groups excluding carboxylic acids is 3. The highest BCUT2D eigenvalue weighted by Crippen LogP contribution is 2.40. The summed E-state index contributed by atoms with van der Waals surface area (Å²) in [7, 11) is 8.92. The molecule has 1 atom stereocenters. The highest BCUT2D eigenvalue weighted by Gasteiger charge is 2.29. The van der Waals surface area contributed by atoms with Crippen molar-refractivity contribution in [2.75, 3.05) is 46.3 Å². The fraction of sp³-hybridized carbons (Fsp3) is 0.389. The summed E-state index contributed by atoms with van der Waals surface area (Å²) in [5, 5.41) is 6.00. The molecular formula is C36H41N5O7S. The van der Waals surface area contributed by atoms with Crippen molar-refractivity contribution in [3.63, 3.8) is 0 Å². The predicted octanol–water partition coefficient (Wildman–Crippen LogP) is 3.93. The van der Waals surface area contributed by atoms with Crippen molar-refractivity contribution in [3.05, 3.63) is 69.5 Å². The number of methoxy groups -OCH3 is 2. The van der Waals surface area contributed by atoms with Crippen molar-refractivity contribution in [1.82, 2.24) is 20.1 Å². The van der Waals surface area contributed by atoms with Crippen LogP contribution in [0.15, 0.2) is 53.5 Å². The van der Waals surface area contributed by atoms with E-state index < -0.39 is 12.0 Å². The molecule has 4 heterocycles. The maximum atomic E-state index is 13.6. The Hall–Kier alpha value is -4.88. The van der Waals surface area contributed by atoms with E-state index in [1.807, 2.05) is 49.3 Å². The maximum absolute atomic E-state index is 13.6. The van der Waals surface area contributed by atoms with E-state index in [-0.39, 0.29) is 29.8 Å². The van der Waals surface area contributed by atoms with Gasteiger partial charge in [-0.05, 0) is 62.8 Å². The zero-order chi connectivity index (χ0) is 34.8. The molecule has 2 saturated heterocycles. The minimum Gasteiger partial charge on any atom is -0.496 e. The van der Waals surface area contributed by atoms with Gasteiger partial charge in [0.2, 0.25) is 5.91 Å². The van der Waals surface area contributed by atoms with Crippen LogP contribution in [0.25, 0.3) is 21.2 Å². The van der Waals surface area contributed by atoms with Gasteiger partial charge in [-0.25, -0.2) is 0 Å². The van der Waals surface area contributed by atoms with Gasteiger partial charge in [0, 0.05) is 73.8 Å². The first kappa shape index (κ1) is 34.0. The average Bonchev–Trinajstić information content (AvgIpc) is 3.54. The molecule has 0 radical (unpaired) electrons. The number of nitrogens with zero attached hydrogens (tertiary/aromatic N) is 3. The fourth-order valence-electron chi connectivity index (χ4n) is 6.42. The van der Waals surface area contributed by atoms with Crippen molar-refractivity contribution in [1.29, 1.82) is 0 Å². The van der Waals surface area contributed by atoms with Gasteiger partial charge in [0.05, 0.1) is 30.0 Å². The summed E-state index contributed by atoms with van der Waals surface area (Å²) < 4.78 is 19.7. The number of aryl methyl sites for hydroxylation is 1. The van der Waals surface area contributed by atoms with Gasteiger partial charge in [-0.1, -0.05) is 6.07 Å². The highest BCUT2D eigenvalue weighted by atomic mass is 32.1. The maximum Gasteiger partial charge on any atom is 0.267 e. The zero-order valence-corrected chi connectivity index (χ0v) is 29.1. The molecule has 3 amide bonds. The number of thiophene rings is 1. The smallest absolute Gasteiger partial charge is 0.267 e. The van der Waals surface area contributed by atoms with E-state index in [0.29, 0.717) is 40.5 Å². The van der Waals surface area contributed by atoms with E-state index in [4.69, 9.17) is 14.2 Å². The Morgan fingerprint density at radius 2 is 1.73 bits per heavy atom. The lowest BCUT2D eigenvalue weighted by Gasteiger charge is -2.34. The van der Waals surface area contributed by atoms with Crippen LogP contribution in [-0.4, -0.2) is 80.7 Å². The molecule has 12 nitrogen and oxygen atoms in total. The van der Waals surface area contributed by atoms with Crippen molar-refractivity contribution in [3.8, 4) is 28.4 Å². The first-order valence-corrected chi connectivity index (χ1v) is 17.1. The topological polar surface area (TPSA) is 131 Å². The molecule has 2 aliphatic rings. The molecule has 2 N–H and O–H groups in total. The third kappa shape index (κ3) is 7.27. The van der Waals surface area contributed by atoms with Gasteiger partial charge in [0.15, 0.2) is 6.10 Å². The zero-order valence-electron chi connectivity index (χ0n) is 28.3. The van der Waals surface area contributed by atoms with Crippen molar-refractivity contribution in [2.45, 2.75) is 44.4 Å². The van der Waals surface area contributed by atoms with Crippen LogP contribution in [0, 0.1) is 0 Å². The molecule has 2 aromatic carbocycles. The summed E-state index contributed by atoms with van der Waals surface area (Å²) in [6, 6.07) is 13.1. The molecule has 13 heteroatoms. The first-order valence-electron chi connectivity index (χ1n) is 16.2. The Labute approximate surface area is 288 Å². The quantitative estimate of drug-likeness (QED) is 0.238. The lowest BCUT2D eigenvalue weighted by Crippen LogP contribution is -2.46. The summed E-state index contributed by atoms with van der Waals surface area (Å²) in [6.45, 7) is 2.07. The summed E-state index contributed by atoms with van der Waals surface area (Å²) in [6.07, 6.45) is 3.18. The Morgan fingerprint density at radius 1 is 1.02 bits per heavy atom. The van der Waals surface area contributed by atoms with Gasteiger partial charge in [-0.2, -0.15) is 0 Å². The van der Waals surface area contributed by atoms with Crippen LogP contribution in [0.2, 0.25) is 0 Å². The number of imide groups is 1. The molecule has 1 unspecified atom stereocenters. The molecule has 0 spiro atoms. The lowest BCUT2D eigenvalue weighted by atomic mass is 10.0. The van der Waals surface area contributed by atoms with Gasteiger partial charge in [0.1, 0.15) is 17.2 Å². The predicted molar refractivity (Wildman–Crippen MR) is 189 cm³/mol. The largest absolute Gasteiger partial charge is 0.496 e. The van der Waals surface area contributed by atoms with Gasteiger partial charge >= 0.3 is 0 Å². The van der Waals surface area contributed by atoms with Crippen molar-refractivity contribution >= 4 is 44.8 Å². The number of fused-ring (bicyclic) bond motifs is 1. The molecule has 0 aliphatic carbocycles. The molecule has 49 heavy (non-hydrogen) atoms. The molecule has 0 saturated carbocycles. The number of carbonyl (C=O) groups is 3. The fourth-order valence-corrected chi connectivity index (χ4v) is 7.51. The summed E-state index contributed by atoms with van der Waals surface area (Å²) in [4.78, 5) is 55.2. The Morgan fingerprint density at radius 3 is 2.39 bits per heavy atom. The number of hydrogen-bond acceptors (Lipinski definition) is 10. The summed E-state index contributed by atoms with van der Waals surface area (Å²) >= 11 is 1.31. The molecule has 0 bridgehead atoms. The second-order valence-corrected chi connectivity index (χ2v) is 13.8. The minimum absolute atomic E-state index is 0.0306. The number of piperidine rings is 2. The molecular weight excluding hydrogens is 646 g/mol. The van der Waals surface area contributed by atoms with Crippen molar-refractivity contribution in [2.24, 2.45) is 7.05 Å². The van der Waals surface area contributed by atoms with E-state index in [0.717, 1.165) is 53.0 Å². The van der Waals surface area contributed by atoms with E-state index >= 15 is 0 Å². The number of amides is 3. The number of hydrogen-bond donors (Lipinski definition) is 2. The molecule has 2 fully saturated rings. The Kier molecular flexibility index (Phi) is 9.93. The Bertz CT molecular complexity index is 1940. The minimum atomic E-state index is -0.696. The van der Waals surface area contributed by atoms with Crippen LogP contribution in [-0.2, 0) is 23.2 Å². The van der Waals surface area contributed by atoms with Crippen LogP contribution in [0.4, 0.5) is 5.69 Å². The van der Waals surface area contributed by atoms with Crippen LogP contribution in [0.3, 0.4) is 0 Å². The van der Waals surface area contributed by atoms with Crippen LogP contribution < -0.4 is 35.3 Å². The van der Waals surface area contributed by atoms with Crippen molar-refractivity contribution < 1.29 is 28.6 Å². The average molecular weight is 688 g/mol. The summed E-state index contributed by atoms with van der Waals surface area (Å²) in [5.74, 6) is 1.03. The van der Waals surface area contributed by atoms with Gasteiger partial charge in [-0.15, -0.1) is 11.3 Å². The lowest BCUT2D eigenvalue weighted by molar-refractivity contribution is -0.138. The molecule has 258 valence electrons. The second-order valence-electron chi connectivity index (χ2n) is 12.7. The Balaban J connectivity index is 1.16. The third-order valence-corrected chi connectivity index (χ3v) is 10.1. The van der Waals surface area contributed by atoms with Crippen LogP contribution in [0.1, 0.15) is 40.9 Å². The number of aromatic nitrogens is 1. The van der Waals surface area contributed by atoms with E-state index in [1.165, 1.54) is 11.3 Å². The standard InChI is InChI=1S/C36H41N5O7S/c1-39(2)19-27-29(46-4)15-21(16-30(27)47-5)26-20-40(3)36(45)25-18-31(49-33(25)26)35(44)37-22-11-13-41(14-12-22)23-7-6-8-24(17-23)48-28-9-10-32(42)38-34(28)43/h6-8,15-18,20,22,28H,9-14,19H2,1-5H3,(H,37,44)(H,38,42,43). The number of rotatable bonds is 10. The first-order chi connectivity index (χ1) is 23.5. The highest BCUT2D eigenvalue weighted by molar-refractivity contribution is 7.21. The normalized spacial score (nSPS) is 16.9. The number of pyridine rings is 1. The molecule has 4 aromatic rings. The molecule has 2 aliphatic heterocycles. The number of nitrogens with one attached hydrogen (secondary N) is 2. The monoisotopic (exact) mass is 687 g/mol. The van der Waals surface area contributed by atoms with Gasteiger partial charge < -0.3 is 33.9 Å². The van der Waals surface area contributed by atoms with Crippen LogP contribution in [0.5, 0.6) is 17.2 Å². The van der Waals surface area contributed by atoms with Crippen LogP contribution >= 0.6 is 11.3 Å². The molecule has 2 aromatic heterocycles. The third-order valence-electron chi connectivity index (χ3n) is 8.95.